The average molecular weight is 313 g/mol. The Balaban J connectivity index is 2.30. The number of halogens is 1. The molecule has 0 spiro atoms. The van der Waals surface area contributed by atoms with Gasteiger partial charge in [0, 0.05) is 23.0 Å². The summed E-state index contributed by atoms with van der Waals surface area (Å²) in [5, 5.41) is 11.2. The fraction of sp³-hybridized carbons (Fsp3) is 0.385. The lowest BCUT2D eigenvalue weighted by molar-refractivity contribution is 0.660. The maximum Gasteiger partial charge on any atom is 0.343 e. The number of benzene rings is 1. The molecule has 0 amide bonds. The summed E-state index contributed by atoms with van der Waals surface area (Å²) in [6, 6.07) is 5.74. The number of aromatic nitrogens is 3. The first kappa shape index (κ1) is 15.2. The zero-order valence-electron chi connectivity index (χ0n) is 11.4. The second kappa shape index (κ2) is 6.97. The molecule has 0 bridgehead atoms. The number of rotatable bonds is 6. The summed E-state index contributed by atoms with van der Waals surface area (Å²) in [7, 11) is 0. The van der Waals surface area contributed by atoms with E-state index in [1.54, 1.807) is 4.57 Å². The Morgan fingerprint density at radius 1 is 1.45 bits per heavy atom. The monoisotopic (exact) mass is 312 g/mol. The lowest BCUT2D eigenvalue weighted by Gasteiger charge is -2.10. The molecule has 1 aromatic carbocycles. The molecule has 20 heavy (non-hydrogen) atoms. The molecule has 7 heteroatoms. The van der Waals surface area contributed by atoms with E-state index in [4.69, 9.17) is 11.6 Å². The SMILES string of the molecule is CCNCc1cc(Cl)ccc1Sc1n[nH]c(=O)n1CC. The third-order valence-electron chi connectivity index (χ3n) is 2.83. The maximum absolute atomic E-state index is 11.6. The molecule has 2 aromatic rings. The predicted octanol–water partition coefficient (Wildman–Crippen LogP) is 2.51. The van der Waals surface area contributed by atoms with Gasteiger partial charge in [0.15, 0.2) is 5.16 Å². The van der Waals surface area contributed by atoms with Crippen molar-refractivity contribution in [3.8, 4) is 0 Å². The Morgan fingerprint density at radius 3 is 2.95 bits per heavy atom. The first-order valence-corrected chi connectivity index (χ1v) is 7.67. The highest BCUT2D eigenvalue weighted by molar-refractivity contribution is 7.99. The van der Waals surface area contributed by atoms with Crippen LogP contribution in [0.2, 0.25) is 5.02 Å². The van der Waals surface area contributed by atoms with Crippen LogP contribution in [0.3, 0.4) is 0 Å². The van der Waals surface area contributed by atoms with E-state index in [0.29, 0.717) is 16.7 Å². The minimum absolute atomic E-state index is 0.183. The Morgan fingerprint density at radius 2 is 2.25 bits per heavy atom. The van der Waals surface area contributed by atoms with E-state index in [2.05, 4.69) is 22.4 Å². The van der Waals surface area contributed by atoms with Gasteiger partial charge in [-0.3, -0.25) is 4.57 Å². The van der Waals surface area contributed by atoms with Gasteiger partial charge in [0.2, 0.25) is 0 Å². The van der Waals surface area contributed by atoms with Crippen LogP contribution < -0.4 is 11.0 Å². The van der Waals surface area contributed by atoms with Gasteiger partial charge in [0.05, 0.1) is 0 Å². The average Bonchev–Trinajstić information content (AvgIpc) is 2.79. The van der Waals surface area contributed by atoms with Crippen LogP contribution in [0.15, 0.2) is 33.0 Å². The normalized spacial score (nSPS) is 10.9. The van der Waals surface area contributed by atoms with Gasteiger partial charge in [-0.2, -0.15) is 0 Å². The summed E-state index contributed by atoms with van der Waals surface area (Å²) >= 11 is 7.51. The fourth-order valence-electron chi connectivity index (χ4n) is 1.80. The fourth-order valence-corrected chi connectivity index (χ4v) is 3.01. The molecular formula is C13H17ClN4OS. The van der Waals surface area contributed by atoms with Crippen LogP contribution in [0.25, 0.3) is 0 Å². The van der Waals surface area contributed by atoms with E-state index in [1.165, 1.54) is 11.8 Å². The number of hydrogen-bond donors (Lipinski definition) is 2. The Kier molecular flexibility index (Phi) is 5.28. The molecule has 0 unspecified atom stereocenters. The quantitative estimate of drug-likeness (QED) is 0.860. The predicted molar refractivity (Wildman–Crippen MR) is 81.5 cm³/mol. The molecule has 0 saturated heterocycles. The lowest BCUT2D eigenvalue weighted by Crippen LogP contribution is -2.16. The van der Waals surface area contributed by atoms with Gasteiger partial charge >= 0.3 is 5.69 Å². The Hall–Kier alpha value is -1.24. The van der Waals surface area contributed by atoms with Gasteiger partial charge in [-0.25, -0.2) is 9.89 Å². The van der Waals surface area contributed by atoms with Crippen LogP contribution in [-0.2, 0) is 13.1 Å². The molecule has 1 aromatic heterocycles. The lowest BCUT2D eigenvalue weighted by atomic mass is 10.2. The minimum Gasteiger partial charge on any atom is -0.313 e. The van der Waals surface area contributed by atoms with Crippen LogP contribution >= 0.6 is 23.4 Å². The third-order valence-corrected chi connectivity index (χ3v) is 4.18. The smallest absolute Gasteiger partial charge is 0.313 e. The molecule has 1 heterocycles. The highest BCUT2D eigenvalue weighted by Gasteiger charge is 2.11. The zero-order valence-corrected chi connectivity index (χ0v) is 13.0. The molecule has 2 rings (SSSR count). The number of nitrogens with one attached hydrogen (secondary N) is 2. The topological polar surface area (TPSA) is 62.7 Å². The molecule has 108 valence electrons. The van der Waals surface area contributed by atoms with Crippen molar-refractivity contribution in [2.24, 2.45) is 0 Å². The second-order valence-electron chi connectivity index (χ2n) is 4.19. The number of nitrogens with zero attached hydrogens (tertiary/aromatic N) is 2. The molecular weight excluding hydrogens is 296 g/mol. The van der Waals surface area contributed by atoms with E-state index < -0.39 is 0 Å². The van der Waals surface area contributed by atoms with E-state index >= 15 is 0 Å². The van der Waals surface area contributed by atoms with E-state index in [-0.39, 0.29) is 5.69 Å². The standard InChI is InChI=1S/C13H17ClN4OS/c1-3-15-8-9-7-10(14)5-6-11(9)20-13-17-16-12(19)18(13)4-2/h5-7,15H,3-4,8H2,1-2H3,(H,16,19). The summed E-state index contributed by atoms with van der Waals surface area (Å²) in [5.74, 6) is 0. The van der Waals surface area contributed by atoms with Crippen molar-refractivity contribution in [2.45, 2.75) is 37.0 Å². The highest BCUT2D eigenvalue weighted by atomic mass is 35.5. The summed E-state index contributed by atoms with van der Waals surface area (Å²) in [5.41, 5.74) is 0.916. The third kappa shape index (κ3) is 3.45. The van der Waals surface area contributed by atoms with Gasteiger partial charge in [-0.1, -0.05) is 18.5 Å². The van der Waals surface area contributed by atoms with Gasteiger partial charge in [-0.15, -0.1) is 5.10 Å². The largest absolute Gasteiger partial charge is 0.343 e. The minimum atomic E-state index is -0.183. The molecule has 0 aliphatic rings. The molecule has 2 N–H and O–H groups in total. The molecule has 0 aliphatic carbocycles. The molecule has 0 radical (unpaired) electrons. The van der Waals surface area contributed by atoms with Crippen molar-refractivity contribution >= 4 is 23.4 Å². The first-order chi connectivity index (χ1) is 9.65. The van der Waals surface area contributed by atoms with Crippen LogP contribution in [0, 0.1) is 0 Å². The Bertz CT molecular complexity index is 638. The van der Waals surface area contributed by atoms with Crippen molar-refractivity contribution in [3.63, 3.8) is 0 Å². The van der Waals surface area contributed by atoms with Gasteiger partial charge in [-0.05, 0) is 49.0 Å². The van der Waals surface area contributed by atoms with Crippen LogP contribution in [0.1, 0.15) is 19.4 Å². The number of H-pyrrole nitrogens is 1. The first-order valence-electron chi connectivity index (χ1n) is 6.47. The molecule has 0 aliphatic heterocycles. The molecule has 0 saturated carbocycles. The maximum atomic E-state index is 11.6. The van der Waals surface area contributed by atoms with Crippen LogP contribution in [0.4, 0.5) is 0 Å². The summed E-state index contributed by atoms with van der Waals surface area (Å²) in [4.78, 5) is 12.6. The van der Waals surface area contributed by atoms with Gasteiger partial charge < -0.3 is 5.32 Å². The number of hydrogen-bond acceptors (Lipinski definition) is 4. The van der Waals surface area contributed by atoms with Crippen LogP contribution in [-0.4, -0.2) is 21.3 Å². The zero-order chi connectivity index (χ0) is 14.5. The summed E-state index contributed by atoms with van der Waals surface area (Å²) < 4.78 is 1.61. The van der Waals surface area contributed by atoms with E-state index in [1.807, 2.05) is 25.1 Å². The number of aromatic amines is 1. The second-order valence-corrected chi connectivity index (χ2v) is 5.64. The molecule has 0 fully saturated rings. The molecule has 0 atom stereocenters. The van der Waals surface area contributed by atoms with Gasteiger partial charge in [0.1, 0.15) is 0 Å². The Labute approximate surface area is 126 Å². The highest BCUT2D eigenvalue weighted by Crippen LogP contribution is 2.30. The summed E-state index contributed by atoms with van der Waals surface area (Å²) in [6.45, 7) is 6.19. The summed E-state index contributed by atoms with van der Waals surface area (Å²) in [6.07, 6.45) is 0. The van der Waals surface area contributed by atoms with E-state index in [0.717, 1.165) is 23.5 Å². The van der Waals surface area contributed by atoms with Crippen molar-refractivity contribution in [3.05, 3.63) is 39.3 Å². The van der Waals surface area contributed by atoms with Crippen molar-refractivity contribution < 1.29 is 0 Å². The molecule has 5 nitrogen and oxygen atoms in total. The van der Waals surface area contributed by atoms with Crippen molar-refractivity contribution in [1.82, 2.24) is 20.1 Å². The van der Waals surface area contributed by atoms with E-state index in [9.17, 15) is 4.79 Å². The van der Waals surface area contributed by atoms with Gasteiger partial charge in [0.25, 0.3) is 0 Å². The van der Waals surface area contributed by atoms with Crippen molar-refractivity contribution in [2.75, 3.05) is 6.54 Å². The van der Waals surface area contributed by atoms with Crippen molar-refractivity contribution in [1.29, 1.82) is 0 Å². The van der Waals surface area contributed by atoms with Crippen LogP contribution in [0.5, 0.6) is 0 Å².